The number of carbonyl (C=O) groups excluding carboxylic acids is 1. The number of nitrogens with one attached hydrogen (secondary N) is 1. The van der Waals surface area contributed by atoms with E-state index in [1.165, 1.54) is 16.7 Å². The largest absolute Gasteiger partial charge is 0.347 e. The van der Waals surface area contributed by atoms with Gasteiger partial charge in [-0.3, -0.25) is 4.79 Å². The van der Waals surface area contributed by atoms with Crippen LogP contribution in [0.25, 0.3) is 0 Å². The normalized spacial score (nSPS) is 19.1. The Kier molecular flexibility index (Phi) is 4.93. The molecule has 4 nitrogen and oxygen atoms in total. The van der Waals surface area contributed by atoms with Crippen LogP contribution in [0.5, 0.6) is 0 Å². The molecule has 0 spiro atoms. The topological polar surface area (TPSA) is 54.9 Å². The van der Waals surface area contributed by atoms with Gasteiger partial charge in [-0.05, 0) is 36.8 Å². The Morgan fingerprint density at radius 2 is 2.04 bits per heavy atom. The van der Waals surface area contributed by atoms with E-state index in [2.05, 4.69) is 54.3 Å². The Bertz CT molecular complexity index is 724. The summed E-state index contributed by atoms with van der Waals surface area (Å²) in [5.41, 5.74) is 4.61. The zero-order valence-electron chi connectivity index (χ0n) is 14.7. The number of benzene rings is 1. The van der Waals surface area contributed by atoms with Gasteiger partial charge in [0.2, 0.25) is 5.95 Å². The van der Waals surface area contributed by atoms with Crippen LogP contribution in [0.1, 0.15) is 66.2 Å². The number of Topliss-reactive ketones (excluding diaryl/α,β-unsaturated/α-hetero) is 1. The second-order valence-electron chi connectivity index (χ2n) is 6.83. The highest BCUT2D eigenvalue weighted by atomic mass is 16.1. The van der Waals surface area contributed by atoms with Crippen molar-refractivity contribution < 1.29 is 4.79 Å². The molecule has 0 bridgehead atoms. The Morgan fingerprint density at radius 3 is 2.75 bits per heavy atom. The average Bonchev–Trinajstić information content (AvgIpc) is 2.88. The molecule has 1 heterocycles. The Balaban J connectivity index is 1.73. The molecule has 1 aromatic carbocycles. The molecule has 24 heavy (non-hydrogen) atoms. The van der Waals surface area contributed by atoms with Crippen molar-refractivity contribution in [2.45, 2.75) is 52.5 Å². The molecule has 0 saturated carbocycles. The van der Waals surface area contributed by atoms with E-state index < -0.39 is 0 Å². The van der Waals surface area contributed by atoms with Gasteiger partial charge in [-0.25, -0.2) is 9.97 Å². The minimum absolute atomic E-state index is 0.124. The first kappa shape index (κ1) is 16.6. The molecule has 1 aromatic heterocycles. The van der Waals surface area contributed by atoms with Crippen molar-refractivity contribution >= 4 is 11.7 Å². The molecular formula is C20H25N3O. The van der Waals surface area contributed by atoms with E-state index in [0.717, 1.165) is 19.3 Å². The average molecular weight is 323 g/mol. The van der Waals surface area contributed by atoms with E-state index in [4.69, 9.17) is 0 Å². The van der Waals surface area contributed by atoms with E-state index in [0.29, 0.717) is 23.9 Å². The number of aromatic nitrogens is 2. The Hall–Kier alpha value is -2.23. The van der Waals surface area contributed by atoms with Crippen LogP contribution in [0.15, 0.2) is 30.6 Å². The van der Waals surface area contributed by atoms with Crippen LogP contribution in [0.4, 0.5) is 5.95 Å². The highest BCUT2D eigenvalue weighted by molar-refractivity contribution is 5.95. The molecule has 1 aliphatic carbocycles. The quantitative estimate of drug-likeness (QED) is 0.795. The fraction of sp³-hybridized carbons (Fsp3) is 0.450. The van der Waals surface area contributed by atoms with Crippen molar-refractivity contribution in [1.82, 2.24) is 9.97 Å². The summed E-state index contributed by atoms with van der Waals surface area (Å²) in [7, 11) is 0. The zero-order valence-corrected chi connectivity index (χ0v) is 14.7. The van der Waals surface area contributed by atoms with Crippen molar-refractivity contribution in [1.29, 1.82) is 0 Å². The monoisotopic (exact) mass is 323 g/mol. The van der Waals surface area contributed by atoms with Crippen molar-refractivity contribution in [2.24, 2.45) is 5.92 Å². The van der Waals surface area contributed by atoms with Crippen LogP contribution < -0.4 is 5.32 Å². The minimum atomic E-state index is 0.124. The SMILES string of the molecule is CCCCC(=O)c1cnc(N[C@H]2c3cc(C)ccc3C[C@@H]2C)nc1. The number of carbonyl (C=O) groups is 1. The molecule has 126 valence electrons. The lowest BCUT2D eigenvalue weighted by Gasteiger charge is -2.19. The highest BCUT2D eigenvalue weighted by Gasteiger charge is 2.29. The van der Waals surface area contributed by atoms with Gasteiger partial charge in [0.05, 0.1) is 11.6 Å². The van der Waals surface area contributed by atoms with Crippen LogP contribution in [0.2, 0.25) is 0 Å². The van der Waals surface area contributed by atoms with E-state index in [1.807, 2.05) is 0 Å². The third-order valence-corrected chi connectivity index (χ3v) is 4.76. The Morgan fingerprint density at radius 1 is 1.29 bits per heavy atom. The van der Waals surface area contributed by atoms with Crippen molar-refractivity contribution in [3.8, 4) is 0 Å². The summed E-state index contributed by atoms with van der Waals surface area (Å²) >= 11 is 0. The van der Waals surface area contributed by atoms with Crippen LogP contribution >= 0.6 is 0 Å². The predicted molar refractivity (Wildman–Crippen MR) is 96.3 cm³/mol. The number of hydrogen-bond acceptors (Lipinski definition) is 4. The molecule has 0 amide bonds. The molecule has 0 radical (unpaired) electrons. The smallest absolute Gasteiger partial charge is 0.223 e. The van der Waals surface area contributed by atoms with Gasteiger partial charge in [0.25, 0.3) is 0 Å². The molecule has 0 unspecified atom stereocenters. The standard InChI is InChI=1S/C20H25N3O/c1-4-5-6-18(24)16-11-21-20(22-12-16)23-19-14(3)10-15-8-7-13(2)9-17(15)19/h7-9,11-12,14,19H,4-6,10H2,1-3H3,(H,21,22,23)/t14-,19+/m0/s1. The van der Waals surface area contributed by atoms with Gasteiger partial charge in [0.1, 0.15) is 0 Å². The third kappa shape index (κ3) is 3.48. The van der Waals surface area contributed by atoms with Gasteiger partial charge in [0.15, 0.2) is 5.78 Å². The number of unbranched alkanes of at least 4 members (excludes halogenated alkanes) is 1. The van der Waals surface area contributed by atoms with Crippen LogP contribution in [0, 0.1) is 12.8 Å². The molecule has 0 saturated heterocycles. The number of aryl methyl sites for hydroxylation is 1. The first-order chi connectivity index (χ1) is 11.6. The fourth-order valence-electron chi connectivity index (χ4n) is 3.35. The third-order valence-electron chi connectivity index (χ3n) is 4.76. The maximum atomic E-state index is 12.0. The van der Waals surface area contributed by atoms with E-state index in [-0.39, 0.29) is 11.8 Å². The van der Waals surface area contributed by atoms with Crippen molar-refractivity contribution in [2.75, 3.05) is 5.32 Å². The van der Waals surface area contributed by atoms with E-state index in [9.17, 15) is 4.79 Å². The summed E-state index contributed by atoms with van der Waals surface area (Å²) in [5.74, 6) is 1.21. The summed E-state index contributed by atoms with van der Waals surface area (Å²) in [4.78, 5) is 20.7. The molecule has 2 atom stereocenters. The molecular weight excluding hydrogens is 298 g/mol. The summed E-state index contributed by atoms with van der Waals surface area (Å²) in [6.07, 6.45) is 6.85. The lowest BCUT2D eigenvalue weighted by molar-refractivity contribution is 0.0979. The number of anilines is 1. The molecule has 4 heteroatoms. The first-order valence-electron chi connectivity index (χ1n) is 8.79. The summed E-state index contributed by atoms with van der Waals surface area (Å²) < 4.78 is 0. The van der Waals surface area contributed by atoms with Crippen LogP contribution in [-0.4, -0.2) is 15.8 Å². The molecule has 2 aromatic rings. The summed E-state index contributed by atoms with van der Waals surface area (Å²) in [6, 6.07) is 6.86. The van der Waals surface area contributed by atoms with Gasteiger partial charge < -0.3 is 5.32 Å². The Labute approximate surface area is 143 Å². The second kappa shape index (κ2) is 7.12. The number of fused-ring (bicyclic) bond motifs is 1. The molecule has 0 fully saturated rings. The first-order valence-corrected chi connectivity index (χ1v) is 8.79. The number of nitrogens with zero attached hydrogens (tertiary/aromatic N) is 2. The molecule has 0 aliphatic heterocycles. The van der Waals surface area contributed by atoms with Crippen molar-refractivity contribution in [3.05, 3.63) is 52.8 Å². The maximum absolute atomic E-state index is 12.0. The lowest BCUT2D eigenvalue weighted by Crippen LogP contribution is -2.16. The van der Waals surface area contributed by atoms with Gasteiger partial charge >= 0.3 is 0 Å². The molecule has 3 rings (SSSR count). The highest BCUT2D eigenvalue weighted by Crippen LogP contribution is 2.38. The van der Waals surface area contributed by atoms with Gasteiger partial charge in [-0.15, -0.1) is 0 Å². The maximum Gasteiger partial charge on any atom is 0.223 e. The van der Waals surface area contributed by atoms with Crippen LogP contribution in [-0.2, 0) is 6.42 Å². The second-order valence-corrected chi connectivity index (χ2v) is 6.83. The fourth-order valence-corrected chi connectivity index (χ4v) is 3.35. The van der Waals surface area contributed by atoms with Gasteiger partial charge in [-0.2, -0.15) is 0 Å². The van der Waals surface area contributed by atoms with Crippen molar-refractivity contribution in [3.63, 3.8) is 0 Å². The lowest BCUT2D eigenvalue weighted by atomic mass is 10.0. The summed E-state index contributed by atoms with van der Waals surface area (Å²) in [5, 5.41) is 3.45. The van der Waals surface area contributed by atoms with Gasteiger partial charge in [0, 0.05) is 18.8 Å². The summed E-state index contributed by atoms with van der Waals surface area (Å²) in [6.45, 7) is 6.45. The number of rotatable bonds is 6. The zero-order chi connectivity index (χ0) is 17.1. The molecule has 1 aliphatic rings. The molecule has 1 N–H and O–H groups in total. The number of ketones is 1. The number of hydrogen-bond donors (Lipinski definition) is 1. The minimum Gasteiger partial charge on any atom is -0.347 e. The van der Waals surface area contributed by atoms with E-state index >= 15 is 0 Å². The van der Waals surface area contributed by atoms with Crippen LogP contribution in [0.3, 0.4) is 0 Å². The van der Waals surface area contributed by atoms with E-state index in [1.54, 1.807) is 12.4 Å². The van der Waals surface area contributed by atoms with Gasteiger partial charge in [-0.1, -0.05) is 44.0 Å². The predicted octanol–water partition coefficient (Wildman–Crippen LogP) is 4.50.